The Morgan fingerprint density at radius 2 is 2.14 bits per heavy atom. The van der Waals surface area contributed by atoms with Crippen molar-refractivity contribution in [1.82, 2.24) is 15.0 Å². The van der Waals surface area contributed by atoms with Gasteiger partial charge in [-0.05, 0) is 24.3 Å². The van der Waals surface area contributed by atoms with Crippen molar-refractivity contribution in [2.45, 2.75) is 0 Å². The normalized spacial score (nSPS) is 10.8. The van der Waals surface area contributed by atoms with Crippen LogP contribution in [0.25, 0.3) is 16.7 Å². The molecule has 0 saturated heterocycles. The standard InChI is InChI=1S/C14H10FN3O3/c1-21-12-6-5-8(7-10(12)15)18-11-4-2-3-9(14(19)20)13(11)16-17-18/h2-7H,1H3,(H,19,20). The monoisotopic (exact) mass is 287 g/mol. The summed E-state index contributed by atoms with van der Waals surface area (Å²) in [5.74, 6) is -1.50. The van der Waals surface area contributed by atoms with Crippen molar-refractivity contribution in [3.63, 3.8) is 0 Å². The molecule has 1 aromatic heterocycles. The molecule has 0 aliphatic rings. The quantitative estimate of drug-likeness (QED) is 0.799. The van der Waals surface area contributed by atoms with E-state index in [2.05, 4.69) is 10.3 Å². The van der Waals surface area contributed by atoms with E-state index < -0.39 is 11.8 Å². The lowest BCUT2D eigenvalue weighted by molar-refractivity contribution is 0.0699. The van der Waals surface area contributed by atoms with Gasteiger partial charge in [-0.2, -0.15) is 0 Å². The number of fused-ring (bicyclic) bond motifs is 1. The first-order valence-corrected chi connectivity index (χ1v) is 6.03. The van der Waals surface area contributed by atoms with Crippen LogP contribution >= 0.6 is 0 Å². The number of hydrogen-bond acceptors (Lipinski definition) is 4. The predicted octanol–water partition coefficient (Wildman–Crippen LogP) is 2.27. The summed E-state index contributed by atoms with van der Waals surface area (Å²) in [5.41, 5.74) is 1.21. The molecule has 2 aromatic carbocycles. The maximum absolute atomic E-state index is 13.8. The van der Waals surface area contributed by atoms with Crippen molar-refractivity contribution in [2.24, 2.45) is 0 Å². The molecule has 3 aromatic rings. The van der Waals surface area contributed by atoms with Gasteiger partial charge in [0.2, 0.25) is 0 Å². The van der Waals surface area contributed by atoms with Gasteiger partial charge >= 0.3 is 5.97 Å². The number of methoxy groups -OCH3 is 1. The van der Waals surface area contributed by atoms with E-state index >= 15 is 0 Å². The molecular formula is C14H10FN3O3. The number of carboxylic acid groups (broad SMARTS) is 1. The molecule has 0 bridgehead atoms. The van der Waals surface area contributed by atoms with E-state index in [1.54, 1.807) is 18.2 Å². The first-order chi connectivity index (χ1) is 10.1. The zero-order valence-electron chi connectivity index (χ0n) is 10.9. The second kappa shape index (κ2) is 4.86. The molecule has 0 atom stereocenters. The Morgan fingerprint density at radius 3 is 2.81 bits per heavy atom. The summed E-state index contributed by atoms with van der Waals surface area (Å²) in [6, 6.07) is 9.04. The Balaban J connectivity index is 2.20. The maximum atomic E-state index is 13.8. The van der Waals surface area contributed by atoms with E-state index in [9.17, 15) is 9.18 Å². The van der Waals surface area contributed by atoms with Gasteiger partial charge in [-0.25, -0.2) is 13.9 Å². The van der Waals surface area contributed by atoms with Gasteiger partial charge in [0.15, 0.2) is 11.6 Å². The van der Waals surface area contributed by atoms with Crippen LogP contribution in [0, 0.1) is 5.82 Å². The molecule has 1 N–H and O–H groups in total. The highest BCUT2D eigenvalue weighted by Crippen LogP contribution is 2.23. The van der Waals surface area contributed by atoms with E-state index in [0.29, 0.717) is 11.2 Å². The largest absolute Gasteiger partial charge is 0.494 e. The Hall–Kier alpha value is -2.96. The Morgan fingerprint density at radius 1 is 1.33 bits per heavy atom. The van der Waals surface area contributed by atoms with Crippen LogP contribution in [-0.2, 0) is 0 Å². The lowest BCUT2D eigenvalue weighted by Gasteiger charge is -2.05. The van der Waals surface area contributed by atoms with Gasteiger partial charge in [0.1, 0.15) is 5.52 Å². The number of nitrogens with zero attached hydrogens (tertiary/aromatic N) is 3. The molecule has 0 amide bonds. The van der Waals surface area contributed by atoms with Crippen molar-refractivity contribution < 1.29 is 19.0 Å². The first kappa shape index (κ1) is 13.0. The molecule has 0 radical (unpaired) electrons. The molecule has 0 aliphatic carbocycles. The fourth-order valence-corrected chi connectivity index (χ4v) is 2.10. The molecule has 106 valence electrons. The summed E-state index contributed by atoms with van der Waals surface area (Å²) in [4.78, 5) is 11.1. The lowest BCUT2D eigenvalue weighted by atomic mass is 10.2. The average molecular weight is 287 g/mol. The van der Waals surface area contributed by atoms with Crippen LogP contribution in [0.1, 0.15) is 10.4 Å². The fourth-order valence-electron chi connectivity index (χ4n) is 2.10. The Labute approximate surface area is 118 Å². The minimum Gasteiger partial charge on any atom is -0.494 e. The van der Waals surface area contributed by atoms with Crippen LogP contribution in [0.5, 0.6) is 5.75 Å². The summed E-state index contributed by atoms with van der Waals surface area (Å²) < 4.78 is 20.0. The molecule has 0 unspecified atom stereocenters. The SMILES string of the molecule is COc1ccc(-n2nnc3c(C(=O)O)cccc32)cc1F. The van der Waals surface area contributed by atoms with Crippen molar-refractivity contribution in [3.8, 4) is 11.4 Å². The van der Waals surface area contributed by atoms with E-state index in [1.807, 2.05) is 0 Å². The van der Waals surface area contributed by atoms with Gasteiger partial charge in [-0.15, -0.1) is 5.10 Å². The van der Waals surface area contributed by atoms with Crippen molar-refractivity contribution >= 4 is 17.0 Å². The summed E-state index contributed by atoms with van der Waals surface area (Å²) in [6.07, 6.45) is 0. The molecule has 0 aliphatic heterocycles. The number of benzene rings is 2. The molecule has 1 heterocycles. The van der Waals surface area contributed by atoms with Gasteiger partial charge in [0.05, 0.1) is 23.9 Å². The smallest absolute Gasteiger partial charge is 0.338 e. The van der Waals surface area contributed by atoms with Crippen LogP contribution < -0.4 is 4.74 Å². The minimum atomic E-state index is -1.09. The number of aromatic carboxylic acids is 1. The van der Waals surface area contributed by atoms with Gasteiger partial charge in [-0.1, -0.05) is 11.3 Å². The number of carbonyl (C=O) groups is 1. The highest BCUT2D eigenvalue weighted by Gasteiger charge is 2.15. The zero-order valence-corrected chi connectivity index (χ0v) is 10.9. The molecule has 6 nitrogen and oxygen atoms in total. The van der Waals surface area contributed by atoms with Gasteiger partial charge in [0, 0.05) is 6.07 Å². The summed E-state index contributed by atoms with van der Waals surface area (Å²) in [5, 5.41) is 16.9. The number of rotatable bonds is 3. The number of hydrogen-bond donors (Lipinski definition) is 1. The minimum absolute atomic E-state index is 0.0488. The first-order valence-electron chi connectivity index (χ1n) is 6.03. The van der Waals surface area contributed by atoms with Crippen LogP contribution in [0.4, 0.5) is 4.39 Å². The maximum Gasteiger partial charge on any atom is 0.338 e. The lowest BCUT2D eigenvalue weighted by Crippen LogP contribution is -1.99. The number of carboxylic acids is 1. The topological polar surface area (TPSA) is 77.2 Å². The third-order valence-electron chi connectivity index (χ3n) is 3.09. The number of halogens is 1. The van der Waals surface area contributed by atoms with Gasteiger partial charge in [-0.3, -0.25) is 0 Å². The highest BCUT2D eigenvalue weighted by molar-refractivity contribution is 6.00. The fraction of sp³-hybridized carbons (Fsp3) is 0.0714. The van der Waals surface area contributed by atoms with E-state index in [4.69, 9.17) is 9.84 Å². The summed E-state index contributed by atoms with van der Waals surface area (Å²) >= 11 is 0. The van der Waals surface area contributed by atoms with Gasteiger partial charge in [0.25, 0.3) is 0 Å². The van der Waals surface area contributed by atoms with Crippen molar-refractivity contribution in [2.75, 3.05) is 7.11 Å². The van der Waals surface area contributed by atoms with E-state index in [1.165, 1.54) is 30.0 Å². The molecule has 0 fully saturated rings. The third kappa shape index (κ3) is 2.08. The van der Waals surface area contributed by atoms with Crippen molar-refractivity contribution in [1.29, 1.82) is 0 Å². The second-order valence-electron chi connectivity index (χ2n) is 4.30. The molecule has 0 saturated carbocycles. The zero-order chi connectivity index (χ0) is 15.0. The Kier molecular flexibility index (Phi) is 3.02. The van der Waals surface area contributed by atoms with Crippen molar-refractivity contribution in [3.05, 3.63) is 47.8 Å². The van der Waals surface area contributed by atoms with E-state index in [-0.39, 0.29) is 16.8 Å². The summed E-state index contributed by atoms with van der Waals surface area (Å²) in [6.45, 7) is 0. The van der Waals surface area contributed by atoms with Gasteiger partial charge < -0.3 is 9.84 Å². The average Bonchev–Trinajstić information content (AvgIpc) is 2.90. The molecule has 0 spiro atoms. The molecular weight excluding hydrogens is 277 g/mol. The Bertz CT molecular complexity index is 845. The molecule has 21 heavy (non-hydrogen) atoms. The number of aromatic nitrogens is 3. The van der Waals surface area contributed by atoms with Crippen LogP contribution in [0.2, 0.25) is 0 Å². The van der Waals surface area contributed by atoms with Crippen LogP contribution in [0.15, 0.2) is 36.4 Å². The van der Waals surface area contributed by atoms with Crippen LogP contribution in [-0.4, -0.2) is 33.2 Å². The predicted molar refractivity (Wildman–Crippen MR) is 72.3 cm³/mol. The van der Waals surface area contributed by atoms with E-state index in [0.717, 1.165) is 0 Å². The second-order valence-corrected chi connectivity index (χ2v) is 4.30. The van der Waals surface area contributed by atoms with Crippen LogP contribution in [0.3, 0.4) is 0 Å². The number of ether oxygens (including phenoxy) is 1. The molecule has 7 heteroatoms. The highest BCUT2D eigenvalue weighted by atomic mass is 19.1. The molecule has 3 rings (SSSR count). The summed E-state index contributed by atoms with van der Waals surface area (Å²) in [7, 11) is 1.38. The third-order valence-corrected chi connectivity index (χ3v) is 3.09.